The lowest BCUT2D eigenvalue weighted by Crippen LogP contribution is -2.32. The molecule has 0 aromatic carbocycles. The summed E-state index contributed by atoms with van der Waals surface area (Å²) in [6.07, 6.45) is 60.8. The highest BCUT2D eigenvalue weighted by atomic mass is 16.6. The molecule has 0 bridgehead atoms. The van der Waals surface area contributed by atoms with Crippen molar-refractivity contribution in [2.75, 3.05) is 53.6 Å². The van der Waals surface area contributed by atoms with Crippen molar-refractivity contribution in [3.05, 3.63) is 122 Å². The van der Waals surface area contributed by atoms with Gasteiger partial charge in [-0.2, -0.15) is 0 Å². The summed E-state index contributed by atoms with van der Waals surface area (Å²) in [4.78, 5) is 39.2. The molecule has 0 unspecified atom stereocenters. The standard InChI is InChI=1S/C56H90N2O7/c1-5-7-9-11-13-15-17-19-21-23-25-27-29-31-33-35-37-45-54(59)63-49-41-39-43-53(65-56(61)57-47-51-62-52-48-58(3)4)44-40-42-50-64-55(60)46-38-36-34-32-30-28-26-24-22-20-18-16-14-12-10-8-6-2/h7-10,13-16,19-22,25-28,31-34,53H,5-6,11-12,17-18,23-24,29-30,35-52H2,1-4H3,(H,57,61)/b9-7-,10-8-,15-13-,16-14-,21-19-,22-20-,27-25-,28-26-,33-31-,34-32-. The zero-order chi connectivity index (χ0) is 47.4. The second kappa shape index (κ2) is 50.5. The number of carbonyl (C=O) groups excluding carboxylic acids is 3. The number of nitrogens with zero attached hydrogens (tertiary/aromatic N) is 1. The molecule has 1 N–H and O–H groups in total. The summed E-state index contributed by atoms with van der Waals surface area (Å²) in [6, 6.07) is 0. The first-order chi connectivity index (χ1) is 31.9. The Bertz CT molecular complexity index is 1340. The first kappa shape index (κ1) is 60.5. The summed E-state index contributed by atoms with van der Waals surface area (Å²) in [5, 5.41) is 2.78. The van der Waals surface area contributed by atoms with E-state index in [9.17, 15) is 14.4 Å². The maximum absolute atomic E-state index is 12.6. The third-order valence-corrected chi connectivity index (χ3v) is 9.66. The van der Waals surface area contributed by atoms with Crippen LogP contribution in [-0.2, 0) is 28.5 Å². The van der Waals surface area contributed by atoms with Gasteiger partial charge in [0.25, 0.3) is 0 Å². The van der Waals surface area contributed by atoms with E-state index >= 15 is 0 Å². The fourth-order valence-electron chi connectivity index (χ4n) is 5.96. The van der Waals surface area contributed by atoms with E-state index < -0.39 is 6.09 Å². The minimum atomic E-state index is -0.468. The summed E-state index contributed by atoms with van der Waals surface area (Å²) in [6.45, 7) is 7.17. The Hall–Kier alpha value is -4.47. The van der Waals surface area contributed by atoms with Crippen LogP contribution >= 0.6 is 0 Å². The minimum absolute atomic E-state index is 0.180. The van der Waals surface area contributed by atoms with Crippen LogP contribution in [0.4, 0.5) is 4.79 Å². The summed E-state index contributed by atoms with van der Waals surface area (Å²) in [5.41, 5.74) is 0. The highest BCUT2D eigenvalue weighted by Crippen LogP contribution is 2.14. The van der Waals surface area contributed by atoms with E-state index in [2.05, 4.69) is 141 Å². The Kier molecular flexibility index (Phi) is 47.1. The minimum Gasteiger partial charge on any atom is -0.466 e. The summed E-state index contributed by atoms with van der Waals surface area (Å²) in [7, 11) is 3.97. The Morgan fingerprint density at radius 3 is 1.20 bits per heavy atom. The van der Waals surface area contributed by atoms with Crippen LogP contribution in [0.25, 0.3) is 0 Å². The molecule has 9 heteroatoms. The molecule has 0 saturated heterocycles. The maximum Gasteiger partial charge on any atom is 0.407 e. The van der Waals surface area contributed by atoms with Gasteiger partial charge in [0, 0.05) is 25.9 Å². The predicted octanol–water partition coefficient (Wildman–Crippen LogP) is 13.9. The molecule has 9 nitrogen and oxygen atoms in total. The van der Waals surface area contributed by atoms with E-state index in [0.717, 1.165) is 109 Å². The van der Waals surface area contributed by atoms with Crippen LogP contribution in [-0.4, -0.2) is 82.6 Å². The average molecular weight is 903 g/mol. The molecule has 0 radical (unpaired) electrons. The van der Waals surface area contributed by atoms with Gasteiger partial charge >= 0.3 is 18.0 Å². The zero-order valence-electron chi connectivity index (χ0n) is 41.2. The van der Waals surface area contributed by atoms with Gasteiger partial charge in [0.05, 0.1) is 26.4 Å². The molecule has 0 aromatic heterocycles. The first-order valence-corrected chi connectivity index (χ1v) is 24.9. The van der Waals surface area contributed by atoms with E-state index in [0.29, 0.717) is 71.5 Å². The van der Waals surface area contributed by atoms with Gasteiger partial charge in [0.1, 0.15) is 6.10 Å². The number of amides is 1. The molecule has 0 fully saturated rings. The molecule has 0 spiro atoms. The molecule has 0 aliphatic rings. The van der Waals surface area contributed by atoms with Crippen molar-refractivity contribution in [3.8, 4) is 0 Å². The maximum atomic E-state index is 12.6. The zero-order valence-corrected chi connectivity index (χ0v) is 41.2. The molecule has 0 aliphatic heterocycles. The van der Waals surface area contributed by atoms with Crippen LogP contribution < -0.4 is 5.32 Å². The highest BCUT2D eigenvalue weighted by molar-refractivity contribution is 5.69. The van der Waals surface area contributed by atoms with Crippen molar-refractivity contribution in [2.45, 2.75) is 161 Å². The van der Waals surface area contributed by atoms with Gasteiger partial charge in [-0.3, -0.25) is 9.59 Å². The molecule has 0 aromatic rings. The fraction of sp³-hybridized carbons (Fsp3) is 0.589. The van der Waals surface area contributed by atoms with Gasteiger partial charge in [-0.05, 0) is 143 Å². The number of carbonyl (C=O) groups is 3. The third-order valence-electron chi connectivity index (χ3n) is 9.66. The quantitative estimate of drug-likeness (QED) is 0.0279. The molecule has 0 aliphatic carbocycles. The molecule has 0 heterocycles. The van der Waals surface area contributed by atoms with E-state index in [4.69, 9.17) is 18.9 Å². The molecular weight excluding hydrogens is 813 g/mol. The number of nitrogens with one attached hydrogen (secondary N) is 1. The molecule has 0 rings (SSSR count). The van der Waals surface area contributed by atoms with E-state index in [1.165, 1.54) is 0 Å². The Balaban J connectivity index is 4.32. The first-order valence-electron chi connectivity index (χ1n) is 24.9. The number of hydrogen-bond acceptors (Lipinski definition) is 8. The number of unbranched alkanes of at least 4 members (excludes halogenated alkanes) is 4. The number of hydrogen-bond donors (Lipinski definition) is 1. The molecule has 366 valence electrons. The van der Waals surface area contributed by atoms with Crippen molar-refractivity contribution < 1.29 is 33.3 Å². The third kappa shape index (κ3) is 50.4. The SMILES string of the molecule is CC/C=C\C/C=C\C/C=C\C/C=C\C/C=C\CCCC(=O)OCCCCC(CCCCOC(=O)CCC/C=C\C/C=C\C/C=C\C/C=C\C/C=C\CC)OC(=O)NCCOCCN(C)C. The summed E-state index contributed by atoms with van der Waals surface area (Å²) in [5.74, 6) is -0.359. The second-order valence-corrected chi connectivity index (χ2v) is 16.0. The van der Waals surface area contributed by atoms with Gasteiger partial charge < -0.3 is 29.2 Å². The van der Waals surface area contributed by atoms with E-state index in [-0.39, 0.29) is 18.0 Å². The van der Waals surface area contributed by atoms with Gasteiger partial charge in [0.2, 0.25) is 0 Å². The van der Waals surface area contributed by atoms with E-state index in [1.54, 1.807) is 0 Å². The van der Waals surface area contributed by atoms with Crippen LogP contribution in [0.3, 0.4) is 0 Å². The Morgan fingerprint density at radius 1 is 0.462 bits per heavy atom. The molecule has 1 amide bonds. The molecule has 0 atom stereocenters. The van der Waals surface area contributed by atoms with Crippen molar-refractivity contribution in [1.82, 2.24) is 10.2 Å². The molecular formula is C56H90N2O7. The lowest BCUT2D eigenvalue weighted by Gasteiger charge is -2.18. The normalized spacial score (nSPS) is 12.7. The molecule has 0 saturated carbocycles. The summed E-state index contributed by atoms with van der Waals surface area (Å²) >= 11 is 0. The Labute approximate surface area is 396 Å². The number of esters is 2. The van der Waals surface area contributed by atoms with Gasteiger partial charge in [-0.25, -0.2) is 4.79 Å². The van der Waals surface area contributed by atoms with Crippen LogP contribution in [0, 0.1) is 0 Å². The van der Waals surface area contributed by atoms with Crippen molar-refractivity contribution in [3.63, 3.8) is 0 Å². The smallest absolute Gasteiger partial charge is 0.407 e. The highest BCUT2D eigenvalue weighted by Gasteiger charge is 2.15. The van der Waals surface area contributed by atoms with Crippen LogP contribution in [0.2, 0.25) is 0 Å². The number of likely N-dealkylation sites (N-methyl/N-ethyl adjacent to an activating group) is 1. The van der Waals surface area contributed by atoms with Crippen LogP contribution in [0.15, 0.2) is 122 Å². The van der Waals surface area contributed by atoms with Crippen LogP contribution in [0.5, 0.6) is 0 Å². The van der Waals surface area contributed by atoms with Gasteiger partial charge in [-0.1, -0.05) is 135 Å². The second-order valence-electron chi connectivity index (χ2n) is 16.0. The lowest BCUT2D eigenvalue weighted by atomic mass is 10.1. The fourth-order valence-corrected chi connectivity index (χ4v) is 5.96. The number of alkyl carbamates (subject to hydrolysis) is 1. The molecule has 65 heavy (non-hydrogen) atoms. The van der Waals surface area contributed by atoms with Crippen LogP contribution in [0.1, 0.15) is 155 Å². The number of rotatable bonds is 43. The lowest BCUT2D eigenvalue weighted by molar-refractivity contribution is -0.144. The van der Waals surface area contributed by atoms with E-state index in [1.807, 2.05) is 19.0 Å². The Morgan fingerprint density at radius 2 is 0.831 bits per heavy atom. The van der Waals surface area contributed by atoms with Gasteiger partial charge in [-0.15, -0.1) is 0 Å². The monoisotopic (exact) mass is 903 g/mol. The summed E-state index contributed by atoms with van der Waals surface area (Å²) < 4.78 is 22.3. The predicted molar refractivity (Wildman–Crippen MR) is 274 cm³/mol. The largest absolute Gasteiger partial charge is 0.466 e. The van der Waals surface area contributed by atoms with Crippen molar-refractivity contribution in [2.24, 2.45) is 0 Å². The van der Waals surface area contributed by atoms with Crippen molar-refractivity contribution >= 4 is 18.0 Å². The topological polar surface area (TPSA) is 103 Å². The van der Waals surface area contributed by atoms with Crippen molar-refractivity contribution in [1.29, 1.82) is 0 Å². The number of ether oxygens (including phenoxy) is 4. The number of allylic oxidation sites excluding steroid dienone is 20. The average Bonchev–Trinajstić information content (AvgIpc) is 3.29. The van der Waals surface area contributed by atoms with Gasteiger partial charge in [0.15, 0.2) is 0 Å².